The minimum Gasteiger partial charge on any atom is -0.0776 e. The molecule has 102 valence electrons. The van der Waals surface area contributed by atoms with E-state index in [9.17, 15) is 0 Å². The first kappa shape index (κ1) is 13.4. The molecule has 0 unspecified atom stereocenters. The van der Waals surface area contributed by atoms with E-state index in [-0.39, 0.29) is 7.43 Å². The van der Waals surface area contributed by atoms with Crippen LogP contribution in [-0.4, -0.2) is 0 Å². The quantitative estimate of drug-likeness (QED) is 0.381. The number of hydrogen-bond acceptors (Lipinski definition) is 0. The van der Waals surface area contributed by atoms with Crippen LogP contribution >= 0.6 is 0 Å². The Kier molecular flexibility index (Phi) is 3.45. The van der Waals surface area contributed by atoms with Gasteiger partial charge in [0.2, 0.25) is 0 Å². The fraction of sp³-hybridized carbons (Fsp3) is 0.0476. The van der Waals surface area contributed by atoms with E-state index in [2.05, 4.69) is 84.9 Å². The number of fused-ring (bicyclic) bond motifs is 2. The molecule has 0 aliphatic carbocycles. The molecule has 0 aliphatic heterocycles. The SMILES string of the molecule is C.c1ccc2c(-c3cccc4ccccc34)cccc2c1. The van der Waals surface area contributed by atoms with Crippen molar-refractivity contribution in [2.75, 3.05) is 0 Å². The Labute approximate surface area is 125 Å². The van der Waals surface area contributed by atoms with Gasteiger partial charge in [-0.05, 0) is 32.7 Å². The van der Waals surface area contributed by atoms with Crippen LogP contribution in [0.5, 0.6) is 0 Å². The van der Waals surface area contributed by atoms with Crippen LogP contribution in [0, 0.1) is 0 Å². The lowest BCUT2D eigenvalue weighted by Gasteiger charge is -2.10. The molecule has 0 heterocycles. The summed E-state index contributed by atoms with van der Waals surface area (Å²) in [6, 6.07) is 30.2. The van der Waals surface area contributed by atoms with Crippen LogP contribution in [0.1, 0.15) is 7.43 Å². The lowest BCUT2D eigenvalue weighted by atomic mass is 9.94. The first-order valence-corrected chi connectivity index (χ1v) is 6.89. The number of hydrogen-bond donors (Lipinski definition) is 0. The van der Waals surface area contributed by atoms with Gasteiger partial charge in [-0.3, -0.25) is 0 Å². The Morgan fingerprint density at radius 3 is 1.24 bits per heavy atom. The van der Waals surface area contributed by atoms with E-state index in [4.69, 9.17) is 0 Å². The van der Waals surface area contributed by atoms with Gasteiger partial charge in [0, 0.05) is 0 Å². The van der Waals surface area contributed by atoms with E-state index in [1.165, 1.54) is 32.7 Å². The fourth-order valence-corrected chi connectivity index (χ4v) is 2.92. The summed E-state index contributed by atoms with van der Waals surface area (Å²) in [6.07, 6.45) is 0. The van der Waals surface area contributed by atoms with Gasteiger partial charge in [-0.15, -0.1) is 0 Å². The van der Waals surface area contributed by atoms with Crippen molar-refractivity contribution in [3.8, 4) is 11.1 Å². The third kappa shape index (κ3) is 2.19. The summed E-state index contributed by atoms with van der Waals surface area (Å²) >= 11 is 0. The van der Waals surface area contributed by atoms with E-state index < -0.39 is 0 Å². The summed E-state index contributed by atoms with van der Waals surface area (Å²) < 4.78 is 0. The lowest BCUT2D eigenvalue weighted by Crippen LogP contribution is -1.83. The van der Waals surface area contributed by atoms with Crippen molar-refractivity contribution in [1.82, 2.24) is 0 Å². The highest BCUT2D eigenvalue weighted by Crippen LogP contribution is 2.33. The molecule has 0 nitrogen and oxygen atoms in total. The Bertz CT molecular complexity index is 816. The molecule has 0 aliphatic rings. The monoisotopic (exact) mass is 270 g/mol. The summed E-state index contributed by atoms with van der Waals surface area (Å²) in [5, 5.41) is 5.20. The molecule has 0 spiro atoms. The molecular formula is C21H18. The zero-order valence-corrected chi connectivity index (χ0v) is 11.1. The molecule has 0 bridgehead atoms. The van der Waals surface area contributed by atoms with Crippen molar-refractivity contribution < 1.29 is 0 Å². The standard InChI is InChI=1S/C20H14.CH4/c1-3-11-17-15(7-1)9-5-13-19(17)20-14-6-10-16-8-2-4-12-18(16)20;/h1-14H;1H4. The molecule has 0 N–H and O–H groups in total. The summed E-state index contributed by atoms with van der Waals surface area (Å²) in [5.74, 6) is 0. The average Bonchev–Trinajstić information content (AvgIpc) is 2.54. The number of rotatable bonds is 1. The molecular weight excluding hydrogens is 252 g/mol. The molecule has 4 rings (SSSR count). The predicted molar refractivity (Wildman–Crippen MR) is 93.6 cm³/mol. The van der Waals surface area contributed by atoms with Crippen molar-refractivity contribution in [3.05, 3.63) is 84.9 Å². The maximum Gasteiger partial charge on any atom is -0.00992 e. The van der Waals surface area contributed by atoms with Crippen LogP contribution in [0.2, 0.25) is 0 Å². The van der Waals surface area contributed by atoms with Crippen LogP contribution in [-0.2, 0) is 0 Å². The second kappa shape index (κ2) is 5.41. The van der Waals surface area contributed by atoms with Crippen LogP contribution in [0.3, 0.4) is 0 Å². The normalized spacial score (nSPS) is 10.5. The second-order valence-corrected chi connectivity index (χ2v) is 5.05. The molecule has 0 fully saturated rings. The maximum atomic E-state index is 2.21. The van der Waals surface area contributed by atoms with E-state index >= 15 is 0 Å². The van der Waals surface area contributed by atoms with Gasteiger partial charge in [0.05, 0.1) is 0 Å². The molecule has 0 radical (unpaired) electrons. The van der Waals surface area contributed by atoms with Gasteiger partial charge in [0.15, 0.2) is 0 Å². The molecule has 4 aromatic carbocycles. The highest BCUT2D eigenvalue weighted by molar-refractivity contribution is 6.05. The van der Waals surface area contributed by atoms with E-state index in [1.54, 1.807) is 0 Å². The largest absolute Gasteiger partial charge is 0.0776 e. The summed E-state index contributed by atoms with van der Waals surface area (Å²) in [4.78, 5) is 0. The Morgan fingerprint density at radius 2 is 0.762 bits per heavy atom. The highest BCUT2D eigenvalue weighted by atomic mass is 14.1. The predicted octanol–water partition coefficient (Wildman–Crippen LogP) is 6.30. The van der Waals surface area contributed by atoms with Crippen molar-refractivity contribution in [2.45, 2.75) is 7.43 Å². The Balaban J connectivity index is 0.00000132. The van der Waals surface area contributed by atoms with Gasteiger partial charge in [-0.1, -0.05) is 92.4 Å². The zero-order chi connectivity index (χ0) is 13.4. The molecule has 0 saturated heterocycles. The van der Waals surface area contributed by atoms with Gasteiger partial charge < -0.3 is 0 Å². The van der Waals surface area contributed by atoms with Crippen LogP contribution in [0.4, 0.5) is 0 Å². The summed E-state index contributed by atoms with van der Waals surface area (Å²) in [5.41, 5.74) is 2.61. The third-order valence-electron chi connectivity index (χ3n) is 3.87. The topological polar surface area (TPSA) is 0 Å². The van der Waals surface area contributed by atoms with Gasteiger partial charge in [0.25, 0.3) is 0 Å². The van der Waals surface area contributed by atoms with Crippen molar-refractivity contribution >= 4 is 21.5 Å². The minimum absolute atomic E-state index is 0. The van der Waals surface area contributed by atoms with Gasteiger partial charge in [-0.25, -0.2) is 0 Å². The molecule has 0 heteroatoms. The zero-order valence-electron chi connectivity index (χ0n) is 11.1. The van der Waals surface area contributed by atoms with E-state index in [0.717, 1.165) is 0 Å². The first-order valence-electron chi connectivity index (χ1n) is 6.89. The molecule has 21 heavy (non-hydrogen) atoms. The highest BCUT2D eigenvalue weighted by Gasteiger charge is 2.06. The molecule has 4 aromatic rings. The van der Waals surface area contributed by atoms with Crippen molar-refractivity contribution in [3.63, 3.8) is 0 Å². The van der Waals surface area contributed by atoms with Crippen LogP contribution in [0.25, 0.3) is 32.7 Å². The molecule has 0 aromatic heterocycles. The van der Waals surface area contributed by atoms with Crippen LogP contribution < -0.4 is 0 Å². The van der Waals surface area contributed by atoms with E-state index in [0.29, 0.717) is 0 Å². The first-order chi connectivity index (χ1) is 9.93. The van der Waals surface area contributed by atoms with Gasteiger partial charge >= 0.3 is 0 Å². The third-order valence-corrected chi connectivity index (χ3v) is 3.87. The number of benzene rings is 4. The lowest BCUT2D eigenvalue weighted by molar-refractivity contribution is 1.68. The molecule has 0 saturated carbocycles. The summed E-state index contributed by atoms with van der Waals surface area (Å²) in [6.45, 7) is 0. The Hall–Kier alpha value is -2.60. The molecule has 0 amide bonds. The fourth-order valence-electron chi connectivity index (χ4n) is 2.92. The van der Waals surface area contributed by atoms with Crippen LogP contribution in [0.15, 0.2) is 84.9 Å². The minimum atomic E-state index is 0. The molecule has 0 atom stereocenters. The van der Waals surface area contributed by atoms with E-state index in [1.807, 2.05) is 0 Å². The summed E-state index contributed by atoms with van der Waals surface area (Å²) in [7, 11) is 0. The average molecular weight is 270 g/mol. The van der Waals surface area contributed by atoms with Crippen molar-refractivity contribution in [1.29, 1.82) is 0 Å². The smallest absolute Gasteiger partial charge is 0.00992 e. The Morgan fingerprint density at radius 1 is 0.381 bits per heavy atom. The second-order valence-electron chi connectivity index (χ2n) is 5.05. The maximum absolute atomic E-state index is 2.21. The van der Waals surface area contributed by atoms with Crippen molar-refractivity contribution in [2.24, 2.45) is 0 Å². The van der Waals surface area contributed by atoms with Gasteiger partial charge in [0.1, 0.15) is 0 Å². The van der Waals surface area contributed by atoms with Gasteiger partial charge in [-0.2, -0.15) is 0 Å².